The standard InChI is InChI=1S/C9H3N5S2/c1-2-4-5(10-3-1)7-9(14-16-12-7)8-6(4)11-15-13-8/h1-3H. The number of hydrogen-bond acceptors (Lipinski definition) is 7. The molecule has 76 valence electrons. The third-order valence-corrected chi connectivity index (χ3v) is 3.55. The zero-order chi connectivity index (χ0) is 10.5. The van der Waals surface area contributed by atoms with Crippen molar-refractivity contribution in [3.05, 3.63) is 18.3 Å². The van der Waals surface area contributed by atoms with Crippen LogP contribution >= 0.6 is 23.5 Å². The summed E-state index contributed by atoms with van der Waals surface area (Å²) in [6.07, 6.45) is 1.76. The van der Waals surface area contributed by atoms with Crippen LogP contribution in [0, 0.1) is 0 Å². The molecule has 7 heteroatoms. The topological polar surface area (TPSA) is 64.5 Å². The molecule has 0 saturated heterocycles. The van der Waals surface area contributed by atoms with Gasteiger partial charge in [-0.15, -0.1) is 0 Å². The van der Waals surface area contributed by atoms with Gasteiger partial charge in [-0.2, -0.15) is 17.5 Å². The minimum absolute atomic E-state index is 0.806. The van der Waals surface area contributed by atoms with E-state index in [1.165, 1.54) is 23.5 Å². The Hall–Kier alpha value is -1.73. The van der Waals surface area contributed by atoms with Gasteiger partial charge in [-0.25, -0.2) is 0 Å². The van der Waals surface area contributed by atoms with Gasteiger partial charge >= 0.3 is 0 Å². The zero-order valence-corrected chi connectivity index (χ0v) is 9.42. The second-order valence-corrected chi connectivity index (χ2v) is 4.38. The fourth-order valence-electron chi connectivity index (χ4n) is 1.81. The Balaban J connectivity index is 2.51. The zero-order valence-electron chi connectivity index (χ0n) is 7.78. The Morgan fingerprint density at radius 1 is 0.750 bits per heavy atom. The van der Waals surface area contributed by atoms with Crippen LogP contribution in [0.1, 0.15) is 0 Å². The van der Waals surface area contributed by atoms with Crippen molar-refractivity contribution in [1.82, 2.24) is 22.5 Å². The predicted molar refractivity (Wildman–Crippen MR) is 63.7 cm³/mol. The van der Waals surface area contributed by atoms with Crippen molar-refractivity contribution in [2.24, 2.45) is 0 Å². The molecule has 0 aliphatic heterocycles. The van der Waals surface area contributed by atoms with Crippen molar-refractivity contribution in [2.45, 2.75) is 0 Å². The van der Waals surface area contributed by atoms with E-state index in [2.05, 4.69) is 22.5 Å². The van der Waals surface area contributed by atoms with E-state index >= 15 is 0 Å². The van der Waals surface area contributed by atoms with Crippen LogP contribution < -0.4 is 0 Å². The highest BCUT2D eigenvalue weighted by molar-refractivity contribution is 7.01. The van der Waals surface area contributed by atoms with Crippen LogP contribution in [0.2, 0.25) is 0 Å². The van der Waals surface area contributed by atoms with Crippen LogP contribution in [-0.2, 0) is 0 Å². The van der Waals surface area contributed by atoms with Gasteiger partial charge in [0, 0.05) is 11.6 Å². The Bertz CT molecular complexity index is 749. The molecule has 0 aliphatic rings. The minimum atomic E-state index is 0.806. The first-order valence-corrected chi connectivity index (χ1v) is 6.02. The van der Waals surface area contributed by atoms with E-state index in [0.29, 0.717) is 0 Å². The van der Waals surface area contributed by atoms with Gasteiger partial charge in [-0.1, -0.05) is 0 Å². The summed E-state index contributed by atoms with van der Waals surface area (Å²) in [4.78, 5) is 4.35. The van der Waals surface area contributed by atoms with E-state index < -0.39 is 0 Å². The molecule has 4 aromatic rings. The number of rotatable bonds is 0. The molecule has 0 atom stereocenters. The van der Waals surface area contributed by atoms with Gasteiger partial charge in [0.2, 0.25) is 0 Å². The van der Waals surface area contributed by atoms with Gasteiger partial charge in [0.1, 0.15) is 27.6 Å². The van der Waals surface area contributed by atoms with Crippen LogP contribution in [0.25, 0.3) is 33.0 Å². The van der Waals surface area contributed by atoms with Crippen LogP contribution in [0.3, 0.4) is 0 Å². The highest BCUT2D eigenvalue weighted by Crippen LogP contribution is 2.30. The summed E-state index contributed by atoms with van der Waals surface area (Å²) < 4.78 is 17.1. The van der Waals surface area contributed by atoms with Crippen LogP contribution in [-0.4, -0.2) is 22.5 Å². The summed E-state index contributed by atoms with van der Waals surface area (Å²) in [6.45, 7) is 0. The fourth-order valence-corrected chi connectivity index (χ4v) is 2.92. The van der Waals surface area contributed by atoms with Crippen molar-refractivity contribution in [1.29, 1.82) is 0 Å². The molecule has 0 radical (unpaired) electrons. The molecule has 5 nitrogen and oxygen atoms in total. The lowest BCUT2D eigenvalue weighted by atomic mass is 10.1. The second-order valence-electron chi connectivity index (χ2n) is 3.32. The van der Waals surface area contributed by atoms with Gasteiger partial charge in [-0.3, -0.25) is 4.98 Å². The Kier molecular flexibility index (Phi) is 1.52. The third kappa shape index (κ3) is 0.915. The number of nitrogens with zero attached hydrogens (tertiary/aromatic N) is 5. The first-order valence-electron chi connectivity index (χ1n) is 4.56. The molecule has 0 bridgehead atoms. The summed E-state index contributed by atoms with van der Waals surface area (Å²) in [5.74, 6) is 0. The maximum Gasteiger partial charge on any atom is 0.136 e. The van der Waals surface area contributed by atoms with E-state index in [1.54, 1.807) is 6.20 Å². The van der Waals surface area contributed by atoms with Gasteiger partial charge in [0.05, 0.1) is 23.5 Å². The monoisotopic (exact) mass is 245 g/mol. The Labute approximate surface area is 97.4 Å². The highest BCUT2D eigenvalue weighted by atomic mass is 32.1. The average Bonchev–Trinajstić information content (AvgIpc) is 2.98. The van der Waals surface area contributed by atoms with Gasteiger partial charge < -0.3 is 0 Å². The number of aromatic nitrogens is 5. The lowest BCUT2D eigenvalue weighted by Gasteiger charge is -1.97. The summed E-state index contributed by atoms with van der Waals surface area (Å²) in [6, 6.07) is 3.89. The number of pyridine rings is 1. The fraction of sp³-hybridized carbons (Fsp3) is 0. The van der Waals surface area contributed by atoms with Crippen molar-refractivity contribution in [3.63, 3.8) is 0 Å². The number of benzene rings is 1. The van der Waals surface area contributed by atoms with Gasteiger partial charge in [0.15, 0.2) is 0 Å². The normalized spacial score (nSPS) is 11.8. The molecule has 3 heterocycles. The molecule has 0 saturated carbocycles. The maximum atomic E-state index is 4.35. The third-order valence-electron chi connectivity index (χ3n) is 2.49. The molecule has 0 unspecified atom stereocenters. The molecule has 0 fully saturated rings. The minimum Gasteiger partial charge on any atom is -0.254 e. The van der Waals surface area contributed by atoms with Gasteiger partial charge in [0.25, 0.3) is 0 Å². The van der Waals surface area contributed by atoms with Crippen molar-refractivity contribution >= 4 is 56.4 Å². The molecular formula is C9H3N5S2. The van der Waals surface area contributed by atoms with Crippen molar-refractivity contribution < 1.29 is 0 Å². The lowest BCUT2D eigenvalue weighted by Crippen LogP contribution is -1.83. The van der Waals surface area contributed by atoms with Crippen LogP contribution in [0.5, 0.6) is 0 Å². The summed E-state index contributed by atoms with van der Waals surface area (Å²) in [5, 5.41) is 0.992. The SMILES string of the molecule is c1cnc2c(c1)c1nsnc1c1nsnc21. The molecule has 0 N–H and O–H groups in total. The van der Waals surface area contributed by atoms with E-state index in [1.807, 2.05) is 12.1 Å². The van der Waals surface area contributed by atoms with E-state index in [4.69, 9.17) is 0 Å². The van der Waals surface area contributed by atoms with Crippen molar-refractivity contribution in [2.75, 3.05) is 0 Å². The molecule has 3 aromatic heterocycles. The first kappa shape index (κ1) is 8.43. The maximum absolute atomic E-state index is 4.35. The summed E-state index contributed by atoms with van der Waals surface area (Å²) in [7, 11) is 0. The largest absolute Gasteiger partial charge is 0.254 e. The molecule has 0 aliphatic carbocycles. The molecule has 0 spiro atoms. The first-order chi connectivity index (χ1) is 7.95. The Morgan fingerprint density at radius 3 is 2.19 bits per heavy atom. The van der Waals surface area contributed by atoms with Crippen molar-refractivity contribution in [3.8, 4) is 0 Å². The molecule has 0 amide bonds. The lowest BCUT2D eigenvalue weighted by molar-refractivity contribution is 1.42. The number of hydrogen-bond donors (Lipinski definition) is 0. The summed E-state index contributed by atoms with van der Waals surface area (Å²) >= 11 is 2.38. The van der Waals surface area contributed by atoms with Gasteiger partial charge in [-0.05, 0) is 12.1 Å². The van der Waals surface area contributed by atoms with E-state index in [0.717, 1.165) is 33.0 Å². The smallest absolute Gasteiger partial charge is 0.136 e. The quantitative estimate of drug-likeness (QED) is 0.475. The predicted octanol–water partition coefficient (Wildman–Crippen LogP) is 2.24. The number of fused-ring (bicyclic) bond motifs is 6. The molecule has 1 aromatic carbocycles. The molecule has 4 rings (SSSR count). The van der Waals surface area contributed by atoms with E-state index in [-0.39, 0.29) is 0 Å². The molecule has 16 heavy (non-hydrogen) atoms. The van der Waals surface area contributed by atoms with Crippen LogP contribution in [0.15, 0.2) is 18.3 Å². The highest BCUT2D eigenvalue weighted by Gasteiger charge is 2.15. The summed E-state index contributed by atoms with van der Waals surface area (Å²) in [5.41, 5.74) is 4.18. The second kappa shape index (κ2) is 2.89. The van der Waals surface area contributed by atoms with Crippen LogP contribution in [0.4, 0.5) is 0 Å². The average molecular weight is 245 g/mol. The Morgan fingerprint density at radius 2 is 1.38 bits per heavy atom. The van der Waals surface area contributed by atoms with E-state index in [9.17, 15) is 0 Å². The molecular weight excluding hydrogens is 242 g/mol.